The first kappa shape index (κ1) is 9.34. The maximum absolute atomic E-state index is 5.16. The average molecular weight is 345 g/mol. The molecule has 0 saturated heterocycles. The van der Waals surface area contributed by atoms with E-state index in [1.807, 2.05) is 42.0 Å². The number of hydroxylamine groups is 2. The third kappa shape index (κ3) is 5.48. The Balaban J connectivity index is 3.10. The SMILES string of the molecule is CN(C)OI(C)OI. The second kappa shape index (κ2) is 5.15. The van der Waals surface area contributed by atoms with E-state index in [1.165, 1.54) is 0 Å². The Kier molecular flexibility index (Phi) is 6.01. The van der Waals surface area contributed by atoms with Crippen molar-refractivity contribution < 1.29 is 4.56 Å². The van der Waals surface area contributed by atoms with E-state index < -0.39 is 20.6 Å². The molecule has 52 valence electrons. The molecule has 0 aliphatic rings. The van der Waals surface area contributed by atoms with Crippen molar-refractivity contribution >= 4 is 43.7 Å². The summed E-state index contributed by atoms with van der Waals surface area (Å²) < 4.78 is 10.1. The Morgan fingerprint density at radius 3 is 2.12 bits per heavy atom. The molecular formula is C3H9I2NO2. The molecule has 0 aromatic heterocycles. The van der Waals surface area contributed by atoms with Crippen LogP contribution in [0.3, 0.4) is 0 Å². The van der Waals surface area contributed by atoms with Crippen molar-refractivity contribution in [3.63, 3.8) is 0 Å². The van der Waals surface area contributed by atoms with Gasteiger partial charge in [0, 0.05) is 0 Å². The Labute approximate surface area is 71.8 Å². The zero-order chi connectivity index (χ0) is 6.57. The summed E-state index contributed by atoms with van der Waals surface area (Å²) in [4.78, 5) is 1.98. The molecule has 0 radical (unpaired) electrons. The fourth-order valence-corrected chi connectivity index (χ4v) is 1.78. The van der Waals surface area contributed by atoms with Crippen LogP contribution in [0.25, 0.3) is 0 Å². The summed E-state index contributed by atoms with van der Waals surface area (Å²) in [7, 11) is 3.70. The van der Waals surface area contributed by atoms with Gasteiger partial charge >= 0.3 is 72.3 Å². The molecule has 0 bridgehead atoms. The van der Waals surface area contributed by atoms with E-state index in [0.717, 1.165) is 0 Å². The predicted octanol–water partition coefficient (Wildman–Crippen LogP) is 1.81. The second-order valence-corrected chi connectivity index (χ2v) is 6.39. The van der Waals surface area contributed by atoms with Crippen LogP contribution in [0.4, 0.5) is 0 Å². The third-order valence-corrected chi connectivity index (χ3v) is 5.27. The van der Waals surface area contributed by atoms with Crippen LogP contribution in [-0.4, -0.2) is 24.1 Å². The van der Waals surface area contributed by atoms with Crippen LogP contribution in [-0.2, 0) is 4.56 Å². The van der Waals surface area contributed by atoms with Crippen LogP contribution in [0.15, 0.2) is 0 Å². The van der Waals surface area contributed by atoms with Crippen molar-refractivity contribution in [2.45, 2.75) is 0 Å². The quantitative estimate of drug-likeness (QED) is 0.443. The van der Waals surface area contributed by atoms with Crippen molar-refractivity contribution in [1.82, 2.24) is 5.06 Å². The second-order valence-electron chi connectivity index (χ2n) is 1.31. The third-order valence-electron chi connectivity index (χ3n) is 0.317. The van der Waals surface area contributed by atoms with Crippen molar-refractivity contribution in [2.24, 2.45) is 0 Å². The van der Waals surface area contributed by atoms with Crippen molar-refractivity contribution in [3.05, 3.63) is 0 Å². The molecule has 0 rings (SSSR count). The van der Waals surface area contributed by atoms with E-state index in [1.54, 1.807) is 5.06 Å². The molecule has 0 aromatic carbocycles. The summed E-state index contributed by atoms with van der Waals surface area (Å²) in [5, 5.41) is 1.67. The minimum atomic E-state index is -1.48. The topological polar surface area (TPSA) is 21.7 Å². The Bertz CT molecular complexity index is 61.2. The molecule has 0 aliphatic heterocycles. The molecule has 0 heterocycles. The van der Waals surface area contributed by atoms with Gasteiger partial charge in [0.15, 0.2) is 0 Å². The minimum absolute atomic E-state index is 1.48. The summed E-state index contributed by atoms with van der Waals surface area (Å²) in [6, 6.07) is 0. The van der Waals surface area contributed by atoms with Crippen molar-refractivity contribution in [1.29, 1.82) is 0 Å². The van der Waals surface area contributed by atoms with Crippen LogP contribution < -0.4 is 0 Å². The van der Waals surface area contributed by atoms with Gasteiger partial charge in [-0.2, -0.15) is 0 Å². The van der Waals surface area contributed by atoms with E-state index in [9.17, 15) is 0 Å². The van der Waals surface area contributed by atoms with Gasteiger partial charge in [-0.1, -0.05) is 0 Å². The van der Waals surface area contributed by atoms with Gasteiger partial charge in [0.2, 0.25) is 0 Å². The Morgan fingerprint density at radius 2 is 2.00 bits per heavy atom. The van der Waals surface area contributed by atoms with Gasteiger partial charge in [-0.15, -0.1) is 0 Å². The fourth-order valence-electron chi connectivity index (χ4n) is 0.205. The van der Waals surface area contributed by atoms with E-state index in [0.29, 0.717) is 0 Å². The van der Waals surface area contributed by atoms with E-state index >= 15 is 0 Å². The summed E-state index contributed by atoms with van der Waals surface area (Å²) in [6.07, 6.45) is 0. The molecule has 8 heavy (non-hydrogen) atoms. The van der Waals surface area contributed by atoms with Gasteiger partial charge in [0.1, 0.15) is 0 Å². The van der Waals surface area contributed by atoms with Gasteiger partial charge < -0.3 is 0 Å². The first-order chi connectivity index (χ1) is 3.66. The van der Waals surface area contributed by atoms with E-state index in [-0.39, 0.29) is 0 Å². The van der Waals surface area contributed by atoms with Crippen LogP contribution >= 0.6 is 43.7 Å². The van der Waals surface area contributed by atoms with Crippen molar-refractivity contribution in [3.8, 4) is 0 Å². The number of hydrogen-bond donors (Lipinski definition) is 0. The molecule has 0 atom stereocenters. The molecule has 0 saturated carbocycles. The molecule has 0 aliphatic carbocycles. The molecule has 0 fully saturated rings. The number of alkyl halides is 1. The first-order valence-electron chi connectivity index (χ1n) is 1.92. The zero-order valence-electron chi connectivity index (χ0n) is 5.02. The van der Waals surface area contributed by atoms with Crippen LogP contribution in [0.5, 0.6) is 0 Å². The van der Waals surface area contributed by atoms with Crippen molar-refractivity contribution in [2.75, 3.05) is 19.0 Å². The summed E-state index contributed by atoms with van der Waals surface area (Å²) in [6.45, 7) is 0. The summed E-state index contributed by atoms with van der Waals surface area (Å²) in [5.41, 5.74) is 0. The van der Waals surface area contributed by atoms with Gasteiger partial charge in [-0.05, 0) is 0 Å². The summed E-state index contributed by atoms with van der Waals surface area (Å²) >= 11 is 0.389. The summed E-state index contributed by atoms with van der Waals surface area (Å²) in [5.74, 6) is 0. The maximum atomic E-state index is 5.16. The van der Waals surface area contributed by atoms with Crippen LogP contribution in [0.1, 0.15) is 0 Å². The number of halogens is 2. The zero-order valence-corrected chi connectivity index (χ0v) is 9.33. The molecule has 0 N–H and O–H groups in total. The van der Waals surface area contributed by atoms with Gasteiger partial charge in [-0.3, -0.25) is 0 Å². The molecule has 3 nitrogen and oxygen atoms in total. The Morgan fingerprint density at radius 1 is 1.50 bits per heavy atom. The number of hydrogen-bond acceptors (Lipinski definition) is 3. The molecule has 0 spiro atoms. The molecule has 0 amide bonds. The Hall–Kier alpha value is 1.34. The number of rotatable bonds is 3. The average Bonchev–Trinajstić information content (AvgIpc) is 1.65. The standard InChI is InChI=1S/C3H9I2NO2/c1-5(7-4)8-6(2)3/h1-3H3. The first-order valence-corrected chi connectivity index (χ1v) is 6.72. The molecular weight excluding hydrogens is 336 g/mol. The van der Waals surface area contributed by atoms with E-state index in [4.69, 9.17) is 4.56 Å². The van der Waals surface area contributed by atoms with Gasteiger partial charge in [-0.25, -0.2) is 0 Å². The van der Waals surface area contributed by atoms with Crippen LogP contribution in [0.2, 0.25) is 0 Å². The predicted molar refractivity (Wildman–Crippen MR) is 49.8 cm³/mol. The van der Waals surface area contributed by atoms with Gasteiger partial charge in [0.05, 0.1) is 0 Å². The molecule has 5 heteroatoms. The van der Waals surface area contributed by atoms with Crippen LogP contribution in [0, 0.1) is 0 Å². The molecule has 0 unspecified atom stereocenters. The molecule has 0 aromatic rings. The number of nitrogens with zero attached hydrogens (tertiary/aromatic N) is 1. The van der Waals surface area contributed by atoms with Gasteiger partial charge in [0.25, 0.3) is 0 Å². The monoisotopic (exact) mass is 345 g/mol. The normalized spacial score (nSPS) is 12.4. The fraction of sp³-hybridized carbons (Fsp3) is 1.00. The van der Waals surface area contributed by atoms with E-state index in [2.05, 4.69) is 0 Å².